The van der Waals surface area contributed by atoms with Crippen LogP contribution in [0.15, 0.2) is 24.3 Å². The molecule has 1 aromatic rings. The number of para-hydroxylation sites is 1. The van der Waals surface area contributed by atoms with Crippen molar-refractivity contribution in [3.8, 4) is 5.75 Å². The van der Waals surface area contributed by atoms with Crippen LogP contribution in [0, 0.1) is 0 Å². The van der Waals surface area contributed by atoms with E-state index < -0.39 is 25.4 Å². The SMILES string of the molecule is CCCCCCCC(=O)SCC1COP(=O)(C(=O)Oc2ccccc2C(=O)OCC)O1. The van der Waals surface area contributed by atoms with Crippen LogP contribution in [0.2, 0.25) is 0 Å². The molecule has 2 unspecified atom stereocenters. The summed E-state index contributed by atoms with van der Waals surface area (Å²) in [4.78, 5) is 36.4. The summed E-state index contributed by atoms with van der Waals surface area (Å²) >= 11 is 1.09. The smallest absolute Gasteiger partial charge is 0.439 e. The molecule has 1 fully saturated rings. The quantitative estimate of drug-likeness (QED) is 0.219. The Morgan fingerprint density at radius 2 is 1.87 bits per heavy atom. The zero-order chi connectivity index (χ0) is 22.7. The number of hydrogen-bond donors (Lipinski definition) is 0. The highest BCUT2D eigenvalue weighted by Crippen LogP contribution is 2.56. The lowest BCUT2D eigenvalue weighted by molar-refractivity contribution is -0.111. The highest BCUT2D eigenvalue weighted by atomic mass is 32.2. The number of carbonyl (C=O) groups excluding carboxylic acids is 3. The molecule has 2 atom stereocenters. The minimum absolute atomic E-state index is 0.0279. The van der Waals surface area contributed by atoms with Gasteiger partial charge in [-0.1, -0.05) is 56.5 Å². The zero-order valence-electron chi connectivity index (χ0n) is 17.9. The van der Waals surface area contributed by atoms with Gasteiger partial charge in [0.1, 0.15) is 17.4 Å². The van der Waals surface area contributed by atoms with E-state index >= 15 is 0 Å². The normalized spacial score (nSPS) is 20.4. The van der Waals surface area contributed by atoms with Crippen molar-refractivity contribution in [3.05, 3.63) is 29.8 Å². The van der Waals surface area contributed by atoms with E-state index in [9.17, 15) is 18.9 Å². The van der Waals surface area contributed by atoms with Crippen LogP contribution in [0.4, 0.5) is 4.79 Å². The zero-order valence-corrected chi connectivity index (χ0v) is 19.6. The molecule has 0 radical (unpaired) electrons. The van der Waals surface area contributed by atoms with Gasteiger partial charge in [-0.05, 0) is 25.5 Å². The van der Waals surface area contributed by atoms with E-state index in [1.807, 2.05) is 0 Å². The van der Waals surface area contributed by atoms with Crippen molar-refractivity contribution in [2.75, 3.05) is 19.0 Å². The third-order valence-corrected chi connectivity index (χ3v) is 7.10. The molecule has 1 aliphatic rings. The lowest BCUT2D eigenvalue weighted by atomic mass is 10.1. The molecule has 10 heteroatoms. The first-order valence-corrected chi connectivity index (χ1v) is 13.0. The minimum atomic E-state index is -4.18. The van der Waals surface area contributed by atoms with Gasteiger partial charge in [0, 0.05) is 12.2 Å². The first-order chi connectivity index (χ1) is 14.9. The van der Waals surface area contributed by atoms with Gasteiger partial charge in [0.05, 0.1) is 13.2 Å². The van der Waals surface area contributed by atoms with Gasteiger partial charge in [-0.25, -0.2) is 14.2 Å². The minimum Gasteiger partial charge on any atom is -0.462 e. The molecule has 0 spiro atoms. The molecule has 1 aliphatic heterocycles. The Bertz CT molecular complexity index is 812. The van der Waals surface area contributed by atoms with Crippen molar-refractivity contribution in [2.45, 2.75) is 58.5 Å². The molecular formula is C21H29O8PS. The Labute approximate surface area is 186 Å². The summed E-state index contributed by atoms with van der Waals surface area (Å²) in [6.45, 7) is 3.86. The third kappa shape index (κ3) is 8.07. The standard InChI is InChI=1S/C21H29O8PS/c1-3-5-6-7-8-13-19(22)31-15-16-14-27-30(25,29-16)21(24)28-18-12-10-9-11-17(18)20(23)26-4-2/h9-12,16H,3-8,13-15H2,1-2H3. The van der Waals surface area contributed by atoms with Crippen molar-refractivity contribution >= 4 is 36.2 Å². The first-order valence-electron chi connectivity index (χ1n) is 10.5. The van der Waals surface area contributed by atoms with Crippen LogP contribution < -0.4 is 4.74 Å². The number of esters is 1. The summed E-state index contributed by atoms with van der Waals surface area (Å²) in [5.74, 6) is -0.519. The Hall–Kier alpha value is -1.67. The number of carbonyl (C=O) groups is 3. The summed E-state index contributed by atoms with van der Waals surface area (Å²) in [5, 5.41) is 0.0350. The van der Waals surface area contributed by atoms with E-state index in [-0.39, 0.29) is 35.4 Å². The van der Waals surface area contributed by atoms with Gasteiger partial charge in [-0.15, -0.1) is 0 Å². The number of unbranched alkanes of at least 4 members (excludes halogenated alkanes) is 4. The number of benzene rings is 1. The molecule has 2 rings (SSSR count). The molecule has 0 aliphatic carbocycles. The molecule has 8 nitrogen and oxygen atoms in total. The molecule has 0 aromatic heterocycles. The highest BCUT2D eigenvalue weighted by molar-refractivity contribution is 8.13. The Balaban J connectivity index is 1.83. The van der Waals surface area contributed by atoms with Crippen molar-refractivity contribution in [1.82, 2.24) is 0 Å². The lowest BCUT2D eigenvalue weighted by Crippen LogP contribution is -2.15. The molecule has 0 N–H and O–H groups in total. The monoisotopic (exact) mass is 472 g/mol. The van der Waals surface area contributed by atoms with Gasteiger partial charge in [-0.3, -0.25) is 13.8 Å². The van der Waals surface area contributed by atoms with Gasteiger partial charge in [-0.2, -0.15) is 0 Å². The van der Waals surface area contributed by atoms with Gasteiger partial charge in [0.15, 0.2) is 5.12 Å². The second-order valence-electron chi connectivity index (χ2n) is 6.95. The van der Waals surface area contributed by atoms with E-state index in [0.717, 1.165) is 37.4 Å². The highest BCUT2D eigenvalue weighted by Gasteiger charge is 2.46. The van der Waals surface area contributed by atoms with Gasteiger partial charge < -0.3 is 9.47 Å². The summed E-state index contributed by atoms with van der Waals surface area (Å²) < 4.78 is 33.2. The number of thioether (sulfide) groups is 1. The van der Waals surface area contributed by atoms with Gasteiger partial charge in [0.25, 0.3) is 0 Å². The summed E-state index contributed by atoms with van der Waals surface area (Å²) in [5.41, 5.74) is -1.18. The molecule has 0 saturated carbocycles. The van der Waals surface area contributed by atoms with E-state index in [4.69, 9.17) is 18.5 Å². The summed E-state index contributed by atoms with van der Waals surface area (Å²) in [6, 6.07) is 5.96. The summed E-state index contributed by atoms with van der Waals surface area (Å²) in [7, 11) is -4.18. The molecule has 172 valence electrons. The van der Waals surface area contributed by atoms with Crippen molar-refractivity contribution in [1.29, 1.82) is 0 Å². The van der Waals surface area contributed by atoms with Crippen LogP contribution in [0.1, 0.15) is 62.7 Å². The van der Waals surface area contributed by atoms with Crippen LogP contribution >= 0.6 is 19.4 Å². The Morgan fingerprint density at radius 3 is 2.61 bits per heavy atom. The van der Waals surface area contributed by atoms with Gasteiger partial charge in [0.2, 0.25) is 0 Å². The fourth-order valence-corrected chi connectivity index (χ4v) is 5.11. The van der Waals surface area contributed by atoms with Crippen LogP contribution in [0.3, 0.4) is 0 Å². The molecule has 0 bridgehead atoms. The van der Waals surface area contributed by atoms with Crippen LogP contribution in [-0.2, 0) is 23.1 Å². The Morgan fingerprint density at radius 1 is 1.13 bits per heavy atom. The second-order valence-corrected chi connectivity index (χ2v) is 9.86. The van der Waals surface area contributed by atoms with Gasteiger partial charge >= 0.3 is 19.3 Å². The van der Waals surface area contributed by atoms with E-state index in [2.05, 4.69) is 6.92 Å². The Kier molecular flexibility index (Phi) is 10.7. The molecule has 1 saturated heterocycles. The van der Waals surface area contributed by atoms with E-state index in [0.29, 0.717) is 6.42 Å². The summed E-state index contributed by atoms with van der Waals surface area (Å²) in [6.07, 6.45) is 5.14. The van der Waals surface area contributed by atoms with Crippen molar-refractivity contribution in [2.24, 2.45) is 0 Å². The largest absolute Gasteiger partial charge is 0.462 e. The molecule has 0 amide bonds. The van der Waals surface area contributed by atoms with Crippen molar-refractivity contribution in [3.63, 3.8) is 0 Å². The third-order valence-electron chi connectivity index (χ3n) is 4.44. The number of hydrogen-bond acceptors (Lipinski definition) is 9. The first kappa shape index (κ1) is 25.6. The van der Waals surface area contributed by atoms with Crippen LogP contribution in [0.25, 0.3) is 0 Å². The average Bonchev–Trinajstić information content (AvgIpc) is 3.15. The molecule has 1 heterocycles. The van der Waals surface area contributed by atoms with E-state index in [1.165, 1.54) is 18.6 Å². The molecule has 31 heavy (non-hydrogen) atoms. The fourth-order valence-electron chi connectivity index (χ4n) is 2.83. The van der Waals surface area contributed by atoms with Crippen molar-refractivity contribution < 1.29 is 37.5 Å². The maximum atomic E-state index is 12.7. The maximum Gasteiger partial charge on any atom is 0.439 e. The predicted octanol–water partition coefficient (Wildman–Crippen LogP) is 5.59. The van der Waals surface area contributed by atoms with Crippen LogP contribution in [-0.4, -0.2) is 41.9 Å². The predicted molar refractivity (Wildman–Crippen MR) is 118 cm³/mol. The average molecular weight is 472 g/mol. The van der Waals surface area contributed by atoms with Crippen LogP contribution in [0.5, 0.6) is 5.75 Å². The number of ether oxygens (including phenoxy) is 2. The fraction of sp³-hybridized carbons (Fsp3) is 0.571. The topological polar surface area (TPSA) is 105 Å². The molecular weight excluding hydrogens is 443 g/mol. The lowest BCUT2D eigenvalue weighted by Gasteiger charge is -2.12. The second kappa shape index (κ2) is 13.0. The maximum absolute atomic E-state index is 12.7. The van der Waals surface area contributed by atoms with E-state index in [1.54, 1.807) is 19.1 Å². The molecule has 1 aromatic carbocycles. The number of rotatable bonds is 12.